The Morgan fingerprint density at radius 3 is 2.71 bits per heavy atom. The third kappa shape index (κ3) is 3.37. The van der Waals surface area contributed by atoms with Crippen LogP contribution in [0.2, 0.25) is 0 Å². The van der Waals surface area contributed by atoms with Gasteiger partial charge in [0.25, 0.3) is 5.69 Å². The first-order valence-corrected chi connectivity index (χ1v) is 8.21. The van der Waals surface area contributed by atoms with E-state index >= 15 is 0 Å². The molecule has 1 saturated heterocycles. The van der Waals surface area contributed by atoms with E-state index in [2.05, 4.69) is 40.0 Å². The van der Waals surface area contributed by atoms with Gasteiger partial charge in [-0.2, -0.15) is 0 Å². The van der Waals surface area contributed by atoms with Gasteiger partial charge in [-0.1, -0.05) is 13.8 Å². The SMILES string of the molecule is CCC1CN(c2cc(C)c([N+](=O)[O-])cc2Br)C(CC)CN1. The highest BCUT2D eigenvalue weighted by molar-refractivity contribution is 9.10. The van der Waals surface area contributed by atoms with E-state index in [0.717, 1.165) is 36.1 Å². The fraction of sp³-hybridized carbons (Fsp3) is 0.600. The summed E-state index contributed by atoms with van der Waals surface area (Å²) in [5, 5.41) is 14.6. The Bertz CT molecular complexity index is 536. The minimum absolute atomic E-state index is 0.167. The maximum Gasteiger partial charge on any atom is 0.273 e. The number of aryl methyl sites for hydroxylation is 1. The maximum atomic E-state index is 11.0. The second-order valence-corrected chi connectivity index (χ2v) is 6.43. The van der Waals surface area contributed by atoms with Crippen LogP contribution in [0.5, 0.6) is 0 Å². The lowest BCUT2D eigenvalue weighted by Crippen LogP contribution is -2.56. The zero-order valence-corrected chi connectivity index (χ0v) is 14.3. The number of hydrogen-bond acceptors (Lipinski definition) is 4. The molecule has 0 radical (unpaired) electrons. The topological polar surface area (TPSA) is 58.4 Å². The molecule has 0 bridgehead atoms. The van der Waals surface area contributed by atoms with Gasteiger partial charge in [0.2, 0.25) is 0 Å². The Labute approximate surface area is 134 Å². The van der Waals surface area contributed by atoms with Crippen molar-refractivity contribution in [3.8, 4) is 0 Å². The maximum absolute atomic E-state index is 11.0. The lowest BCUT2D eigenvalue weighted by molar-refractivity contribution is -0.385. The van der Waals surface area contributed by atoms with Gasteiger partial charge in [-0.3, -0.25) is 10.1 Å². The summed E-state index contributed by atoms with van der Waals surface area (Å²) in [5.74, 6) is 0. The number of nitro benzene ring substituents is 1. The van der Waals surface area contributed by atoms with Gasteiger partial charge in [0, 0.05) is 41.3 Å². The van der Waals surface area contributed by atoms with Gasteiger partial charge in [-0.05, 0) is 41.8 Å². The molecule has 0 saturated carbocycles. The van der Waals surface area contributed by atoms with Crippen LogP contribution in [0.4, 0.5) is 11.4 Å². The van der Waals surface area contributed by atoms with Crippen LogP contribution >= 0.6 is 15.9 Å². The second kappa shape index (κ2) is 6.75. The molecule has 1 aliphatic heterocycles. The molecule has 1 N–H and O–H groups in total. The molecule has 2 rings (SSSR count). The van der Waals surface area contributed by atoms with Gasteiger partial charge in [0.1, 0.15) is 0 Å². The number of rotatable bonds is 4. The Hall–Kier alpha value is -1.14. The number of hydrogen-bond donors (Lipinski definition) is 1. The fourth-order valence-electron chi connectivity index (χ4n) is 2.87. The molecule has 1 aromatic carbocycles. The first kappa shape index (κ1) is 16.2. The molecule has 0 amide bonds. The number of benzene rings is 1. The predicted molar refractivity (Wildman–Crippen MR) is 89.0 cm³/mol. The average Bonchev–Trinajstić information content (AvgIpc) is 2.48. The molecule has 0 aliphatic carbocycles. The fourth-order valence-corrected chi connectivity index (χ4v) is 3.43. The number of nitro groups is 1. The number of piperazine rings is 1. The molecule has 2 atom stereocenters. The Balaban J connectivity index is 2.38. The third-order valence-electron chi connectivity index (χ3n) is 4.24. The molecule has 1 aliphatic rings. The first-order valence-electron chi connectivity index (χ1n) is 7.42. The largest absolute Gasteiger partial charge is 0.365 e. The minimum Gasteiger partial charge on any atom is -0.365 e. The molecule has 2 unspecified atom stereocenters. The lowest BCUT2D eigenvalue weighted by atomic mass is 10.0. The molecular formula is C15H22BrN3O2. The Morgan fingerprint density at radius 1 is 1.43 bits per heavy atom. The molecule has 0 aromatic heterocycles. The molecule has 0 spiro atoms. The van der Waals surface area contributed by atoms with Crippen LogP contribution < -0.4 is 10.2 Å². The molecular weight excluding hydrogens is 334 g/mol. The smallest absolute Gasteiger partial charge is 0.273 e. The van der Waals surface area contributed by atoms with Crippen LogP contribution in [0.3, 0.4) is 0 Å². The van der Waals surface area contributed by atoms with Crippen molar-refractivity contribution in [2.45, 2.75) is 45.7 Å². The summed E-state index contributed by atoms with van der Waals surface area (Å²) in [7, 11) is 0. The van der Waals surface area contributed by atoms with E-state index in [9.17, 15) is 10.1 Å². The number of nitrogens with one attached hydrogen (secondary N) is 1. The van der Waals surface area contributed by atoms with Gasteiger partial charge < -0.3 is 10.2 Å². The van der Waals surface area contributed by atoms with E-state index in [4.69, 9.17) is 0 Å². The van der Waals surface area contributed by atoms with Crippen molar-refractivity contribution in [3.63, 3.8) is 0 Å². The van der Waals surface area contributed by atoms with E-state index in [1.807, 2.05) is 6.07 Å². The zero-order valence-electron chi connectivity index (χ0n) is 12.7. The Kier molecular flexibility index (Phi) is 5.22. The molecule has 116 valence electrons. The monoisotopic (exact) mass is 355 g/mol. The zero-order chi connectivity index (χ0) is 15.6. The third-order valence-corrected chi connectivity index (χ3v) is 4.87. The summed E-state index contributed by atoms with van der Waals surface area (Å²) >= 11 is 3.52. The van der Waals surface area contributed by atoms with Crippen LogP contribution in [-0.4, -0.2) is 30.1 Å². The van der Waals surface area contributed by atoms with Crippen molar-refractivity contribution < 1.29 is 4.92 Å². The van der Waals surface area contributed by atoms with Crippen LogP contribution in [0.1, 0.15) is 32.3 Å². The summed E-state index contributed by atoms with van der Waals surface area (Å²) in [6, 6.07) is 4.45. The highest BCUT2D eigenvalue weighted by Gasteiger charge is 2.28. The molecule has 1 aromatic rings. The normalized spacial score (nSPS) is 22.4. The van der Waals surface area contributed by atoms with Gasteiger partial charge in [-0.15, -0.1) is 0 Å². The number of nitrogens with zero attached hydrogens (tertiary/aromatic N) is 2. The van der Waals surface area contributed by atoms with E-state index in [1.165, 1.54) is 0 Å². The van der Waals surface area contributed by atoms with Crippen molar-refractivity contribution in [2.24, 2.45) is 0 Å². The van der Waals surface area contributed by atoms with Gasteiger partial charge in [-0.25, -0.2) is 0 Å². The molecule has 1 fully saturated rings. The summed E-state index contributed by atoms with van der Waals surface area (Å²) < 4.78 is 0.801. The minimum atomic E-state index is -0.326. The van der Waals surface area contributed by atoms with Crippen LogP contribution in [0, 0.1) is 17.0 Å². The van der Waals surface area contributed by atoms with Crippen LogP contribution in [0.15, 0.2) is 16.6 Å². The van der Waals surface area contributed by atoms with Crippen molar-refractivity contribution in [3.05, 3.63) is 32.3 Å². The van der Waals surface area contributed by atoms with Crippen molar-refractivity contribution >= 4 is 27.3 Å². The summed E-state index contributed by atoms with van der Waals surface area (Å²) in [4.78, 5) is 13.1. The van der Waals surface area contributed by atoms with E-state index in [1.54, 1.807) is 13.0 Å². The van der Waals surface area contributed by atoms with E-state index < -0.39 is 0 Å². The number of halogens is 1. The van der Waals surface area contributed by atoms with Crippen molar-refractivity contribution in [2.75, 3.05) is 18.0 Å². The standard InChI is InChI=1S/C15H22BrN3O2/c1-4-11-9-18(12(5-2)8-17-11)15-6-10(3)14(19(20)21)7-13(15)16/h6-7,11-12,17H,4-5,8-9H2,1-3H3. The van der Waals surface area contributed by atoms with E-state index in [-0.39, 0.29) is 10.6 Å². The van der Waals surface area contributed by atoms with Gasteiger partial charge in [0.15, 0.2) is 0 Å². The summed E-state index contributed by atoms with van der Waals surface area (Å²) in [6.45, 7) is 8.05. The van der Waals surface area contributed by atoms with Crippen LogP contribution in [-0.2, 0) is 0 Å². The number of anilines is 1. The highest BCUT2D eigenvalue weighted by atomic mass is 79.9. The Morgan fingerprint density at radius 2 is 2.14 bits per heavy atom. The summed E-state index contributed by atoms with van der Waals surface area (Å²) in [6.07, 6.45) is 2.13. The first-order chi connectivity index (χ1) is 9.97. The average molecular weight is 356 g/mol. The van der Waals surface area contributed by atoms with Gasteiger partial charge in [0.05, 0.1) is 10.6 Å². The molecule has 6 heteroatoms. The molecule has 1 heterocycles. The lowest BCUT2D eigenvalue weighted by Gasteiger charge is -2.42. The molecule has 21 heavy (non-hydrogen) atoms. The summed E-state index contributed by atoms with van der Waals surface area (Å²) in [5.41, 5.74) is 1.94. The second-order valence-electron chi connectivity index (χ2n) is 5.58. The van der Waals surface area contributed by atoms with Crippen molar-refractivity contribution in [1.82, 2.24) is 5.32 Å². The van der Waals surface area contributed by atoms with Gasteiger partial charge >= 0.3 is 0 Å². The molecule has 5 nitrogen and oxygen atoms in total. The van der Waals surface area contributed by atoms with Crippen molar-refractivity contribution in [1.29, 1.82) is 0 Å². The highest BCUT2D eigenvalue weighted by Crippen LogP contribution is 2.35. The predicted octanol–water partition coefficient (Wildman–Crippen LogP) is 3.63. The van der Waals surface area contributed by atoms with E-state index in [0.29, 0.717) is 17.6 Å². The quantitative estimate of drug-likeness (QED) is 0.661. The van der Waals surface area contributed by atoms with Crippen LogP contribution in [0.25, 0.3) is 0 Å².